The first-order valence-electron chi connectivity index (χ1n) is 8.53. The van der Waals surface area contributed by atoms with Crippen LogP contribution in [0, 0.1) is 0 Å². The molecule has 0 saturated heterocycles. The van der Waals surface area contributed by atoms with Crippen molar-refractivity contribution in [1.29, 1.82) is 0 Å². The van der Waals surface area contributed by atoms with E-state index >= 15 is 0 Å². The molecule has 4 rings (SSSR count). The Balaban J connectivity index is 1.42. The van der Waals surface area contributed by atoms with E-state index in [9.17, 15) is 18.0 Å². The second kappa shape index (κ2) is 7.60. The molecule has 0 spiro atoms. The second-order valence-corrected chi connectivity index (χ2v) is 7.76. The number of hydrogen-bond donors (Lipinski definition) is 1. The number of carbonyl (C=O) groups is 1. The molecule has 0 unspecified atom stereocenters. The number of fused-ring (bicyclic) bond motifs is 2. The Hall–Kier alpha value is -2.72. The van der Waals surface area contributed by atoms with Crippen molar-refractivity contribution in [2.24, 2.45) is 0 Å². The van der Waals surface area contributed by atoms with Crippen LogP contribution in [0.25, 0.3) is 15.9 Å². The van der Waals surface area contributed by atoms with Gasteiger partial charge in [0.2, 0.25) is 5.91 Å². The van der Waals surface area contributed by atoms with Crippen LogP contribution in [-0.2, 0) is 23.9 Å². The molecule has 11 heteroatoms. The number of para-hydroxylation sites is 1. The summed E-state index contributed by atoms with van der Waals surface area (Å²) in [6.45, 7) is -0.0719. The number of amides is 1. The zero-order valence-corrected chi connectivity index (χ0v) is 16.3. The Morgan fingerprint density at radius 2 is 2.03 bits per heavy atom. The summed E-state index contributed by atoms with van der Waals surface area (Å²) in [5.74, 6) is -0.111. The summed E-state index contributed by atoms with van der Waals surface area (Å²) >= 11 is 7.40. The molecule has 0 atom stereocenters. The Labute approximate surface area is 171 Å². The van der Waals surface area contributed by atoms with Gasteiger partial charge < -0.3 is 5.32 Å². The molecule has 1 aromatic carbocycles. The lowest BCUT2D eigenvalue weighted by Crippen LogP contribution is -2.24. The average molecular weight is 440 g/mol. The number of halogens is 4. The van der Waals surface area contributed by atoms with Crippen LogP contribution in [0.5, 0.6) is 0 Å². The van der Waals surface area contributed by atoms with Gasteiger partial charge in [0.1, 0.15) is 0 Å². The largest absolute Gasteiger partial charge is 0.417 e. The molecule has 0 radical (unpaired) electrons. The van der Waals surface area contributed by atoms with Crippen molar-refractivity contribution in [3.8, 4) is 0 Å². The third-order valence-electron chi connectivity index (χ3n) is 4.21. The lowest BCUT2D eigenvalue weighted by Gasteiger charge is -2.09. The first kappa shape index (κ1) is 19.6. The number of hydrogen-bond acceptors (Lipinski definition) is 5. The Morgan fingerprint density at radius 3 is 2.79 bits per heavy atom. The molecule has 3 heterocycles. The molecule has 29 heavy (non-hydrogen) atoms. The van der Waals surface area contributed by atoms with Crippen molar-refractivity contribution >= 4 is 44.7 Å². The number of aryl methyl sites for hydroxylation is 1. The van der Waals surface area contributed by atoms with Crippen LogP contribution in [0.4, 0.5) is 13.2 Å². The number of nitrogens with one attached hydrogen (secondary N) is 1. The van der Waals surface area contributed by atoms with Crippen molar-refractivity contribution < 1.29 is 18.0 Å². The van der Waals surface area contributed by atoms with Gasteiger partial charge in [-0.25, -0.2) is 4.98 Å². The van der Waals surface area contributed by atoms with Gasteiger partial charge in [0, 0.05) is 19.0 Å². The van der Waals surface area contributed by atoms with E-state index in [0.717, 1.165) is 31.9 Å². The van der Waals surface area contributed by atoms with Gasteiger partial charge in [0.25, 0.3) is 0 Å². The highest BCUT2D eigenvalue weighted by molar-refractivity contribution is 7.18. The quantitative estimate of drug-likeness (QED) is 0.504. The van der Waals surface area contributed by atoms with Crippen LogP contribution in [0.3, 0.4) is 0 Å². The highest BCUT2D eigenvalue weighted by Gasteiger charge is 2.32. The highest BCUT2D eigenvalue weighted by atomic mass is 35.5. The van der Waals surface area contributed by atoms with E-state index in [1.807, 2.05) is 24.3 Å². The number of aromatic nitrogens is 4. The zero-order chi connectivity index (χ0) is 20.6. The second-order valence-electron chi connectivity index (χ2n) is 6.24. The number of pyridine rings is 1. The molecular weight excluding hydrogens is 427 g/mol. The molecule has 0 bridgehead atoms. The topological polar surface area (TPSA) is 72.2 Å². The van der Waals surface area contributed by atoms with E-state index in [4.69, 9.17) is 11.6 Å². The summed E-state index contributed by atoms with van der Waals surface area (Å²) in [7, 11) is 0. The molecule has 1 N–H and O–H groups in total. The van der Waals surface area contributed by atoms with Gasteiger partial charge in [-0.2, -0.15) is 13.2 Å². The number of alkyl halides is 3. The number of nitrogens with zero attached hydrogens (tertiary/aromatic N) is 4. The average Bonchev–Trinajstić information content (AvgIpc) is 3.27. The summed E-state index contributed by atoms with van der Waals surface area (Å²) in [6.07, 6.45) is -3.02. The van der Waals surface area contributed by atoms with E-state index in [2.05, 4.69) is 20.5 Å². The smallest absolute Gasteiger partial charge is 0.349 e. The summed E-state index contributed by atoms with van der Waals surface area (Å²) in [5, 5.41) is 11.0. The first-order chi connectivity index (χ1) is 13.8. The maximum absolute atomic E-state index is 13.0. The molecule has 3 aromatic heterocycles. The third kappa shape index (κ3) is 4.18. The van der Waals surface area contributed by atoms with Crippen molar-refractivity contribution in [2.75, 3.05) is 0 Å². The number of carbonyl (C=O) groups excluding carboxylic acids is 1. The van der Waals surface area contributed by atoms with Crippen LogP contribution in [0.2, 0.25) is 5.02 Å². The fourth-order valence-corrected chi connectivity index (χ4v) is 4.00. The Morgan fingerprint density at radius 1 is 1.24 bits per heavy atom. The van der Waals surface area contributed by atoms with Crippen molar-refractivity contribution in [2.45, 2.75) is 25.6 Å². The van der Waals surface area contributed by atoms with Crippen LogP contribution in [0.15, 0.2) is 36.5 Å². The summed E-state index contributed by atoms with van der Waals surface area (Å²) in [5.41, 5.74) is 0.0665. The molecule has 1 amide bonds. The molecule has 150 valence electrons. The standard InChI is InChI=1S/C18H13ClF3N5OS/c19-11-7-10(18(20,21)22)9-27-14(25-26-17(11)27)8-23-15(28)5-6-16-24-12-3-1-2-4-13(12)29-16/h1-4,7,9H,5-6,8H2,(H,23,28). The molecule has 0 aliphatic heterocycles. The SMILES string of the molecule is O=C(CCc1nc2ccccc2s1)NCc1nnc2c(Cl)cc(C(F)(F)F)cn12. The molecule has 0 aliphatic carbocycles. The summed E-state index contributed by atoms with van der Waals surface area (Å²) in [6, 6.07) is 8.50. The maximum Gasteiger partial charge on any atom is 0.417 e. The van der Waals surface area contributed by atoms with Gasteiger partial charge in [0.15, 0.2) is 11.5 Å². The van der Waals surface area contributed by atoms with E-state index < -0.39 is 11.7 Å². The molecule has 0 saturated carbocycles. The van der Waals surface area contributed by atoms with Crippen LogP contribution in [0.1, 0.15) is 22.8 Å². The van der Waals surface area contributed by atoms with Crippen LogP contribution < -0.4 is 5.32 Å². The van der Waals surface area contributed by atoms with Crippen LogP contribution >= 0.6 is 22.9 Å². The fourth-order valence-electron chi connectivity index (χ4n) is 2.79. The minimum Gasteiger partial charge on any atom is -0.349 e. The van der Waals surface area contributed by atoms with Gasteiger partial charge in [-0.1, -0.05) is 23.7 Å². The van der Waals surface area contributed by atoms with E-state index in [-0.39, 0.29) is 35.4 Å². The zero-order valence-electron chi connectivity index (χ0n) is 14.7. The van der Waals surface area contributed by atoms with Gasteiger partial charge in [-0.05, 0) is 18.2 Å². The Bertz CT molecular complexity index is 1170. The minimum absolute atomic E-state index is 0.0719. The molecule has 0 aliphatic rings. The van der Waals surface area contributed by atoms with E-state index in [0.29, 0.717) is 6.42 Å². The predicted octanol–water partition coefficient (Wildman–Crippen LogP) is 4.26. The normalized spacial score (nSPS) is 12.0. The predicted molar refractivity (Wildman–Crippen MR) is 103 cm³/mol. The number of rotatable bonds is 5. The summed E-state index contributed by atoms with van der Waals surface area (Å²) < 4.78 is 41.2. The monoisotopic (exact) mass is 439 g/mol. The molecule has 4 aromatic rings. The van der Waals surface area contributed by atoms with Gasteiger partial charge in [0.05, 0.1) is 32.4 Å². The lowest BCUT2D eigenvalue weighted by molar-refractivity contribution is -0.137. The number of thiazole rings is 1. The molecule has 0 fully saturated rings. The maximum atomic E-state index is 13.0. The lowest BCUT2D eigenvalue weighted by atomic mass is 10.2. The highest BCUT2D eigenvalue weighted by Crippen LogP contribution is 2.32. The van der Waals surface area contributed by atoms with Gasteiger partial charge in [-0.15, -0.1) is 21.5 Å². The Kier molecular flexibility index (Phi) is 5.13. The first-order valence-corrected chi connectivity index (χ1v) is 9.72. The molecular formula is C18H13ClF3N5OS. The van der Waals surface area contributed by atoms with Crippen LogP contribution in [-0.4, -0.2) is 25.5 Å². The van der Waals surface area contributed by atoms with Gasteiger partial charge in [-0.3, -0.25) is 9.20 Å². The van der Waals surface area contributed by atoms with Crippen molar-refractivity contribution in [3.05, 3.63) is 57.9 Å². The minimum atomic E-state index is -4.56. The fraction of sp³-hybridized carbons (Fsp3) is 0.222. The molecule has 6 nitrogen and oxygen atoms in total. The van der Waals surface area contributed by atoms with Gasteiger partial charge >= 0.3 is 6.18 Å². The number of benzene rings is 1. The van der Waals surface area contributed by atoms with Crippen molar-refractivity contribution in [1.82, 2.24) is 24.9 Å². The van der Waals surface area contributed by atoms with E-state index in [1.165, 1.54) is 11.3 Å². The third-order valence-corrected chi connectivity index (χ3v) is 5.58. The van der Waals surface area contributed by atoms with Crippen molar-refractivity contribution in [3.63, 3.8) is 0 Å². The summed E-state index contributed by atoms with van der Waals surface area (Å²) in [4.78, 5) is 16.6. The van der Waals surface area contributed by atoms with E-state index in [1.54, 1.807) is 0 Å².